The van der Waals surface area contributed by atoms with Crippen LogP contribution >= 0.6 is 0 Å². The summed E-state index contributed by atoms with van der Waals surface area (Å²) in [7, 11) is 4.13. The molecular formula is C11H24N2. The summed E-state index contributed by atoms with van der Waals surface area (Å²) >= 11 is 0. The van der Waals surface area contributed by atoms with Crippen LogP contribution in [0.25, 0.3) is 0 Å². The summed E-state index contributed by atoms with van der Waals surface area (Å²) in [5, 5.41) is 0. The Labute approximate surface area is 83.0 Å². The van der Waals surface area contributed by atoms with Gasteiger partial charge in [0.05, 0.1) is 0 Å². The first-order valence-corrected chi connectivity index (χ1v) is 5.16. The van der Waals surface area contributed by atoms with Gasteiger partial charge in [-0.05, 0) is 12.3 Å². The molecule has 0 aliphatic heterocycles. The predicted molar refractivity (Wildman–Crippen MR) is 60.3 cm³/mol. The second-order valence-electron chi connectivity index (χ2n) is 4.47. The molecule has 0 saturated carbocycles. The summed E-state index contributed by atoms with van der Waals surface area (Å²) in [6.07, 6.45) is 1.18. The fourth-order valence-corrected chi connectivity index (χ4v) is 1.28. The largest absolute Gasteiger partial charge is 0.366 e. The van der Waals surface area contributed by atoms with E-state index in [0.29, 0.717) is 5.92 Å². The summed E-state index contributed by atoms with van der Waals surface area (Å²) < 4.78 is 0. The van der Waals surface area contributed by atoms with Gasteiger partial charge in [0.15, 0.2) is 0 Å². The van der Waals surface area contributed by atoms with Crippen molar-refractivity contribution in [2.24, 2.45) is 16.8 Å². The van der Waals surface area contributed by atoms with Crippen LogP contribution in [0.3, 0.4) is 0 Å². The van der Waals surface area contributed by atoms with Gasteiger partial charge in [0.1, 0.15) is 5.84 Å². The molecule has 0 N–H and O–H groups in total. The number of aliphatic imine (C=N–C) groups is 1. The quantitative estimate of drug-likeness (QED) is 0.484. The lowest BCUT2D eigenvalue weighted by Crippen LogP contribution is -2.27. The van der Waals surface area contributed by atoms with Crippen LogP contribution < -0.4 is 0 Å². The zero-order valence-electron chi connectivity index (χ0n) is 9.96. The maximum Gasteiger partial charge on any atom is 0.101 e. The van der Waals surface area contributed by atoms with E-state index in [1.165, 1.54) is 12.3 Å². The van der Waals surface area contributed by atoms with Crippen LogP contribution in [0, 0.1) is 11.8 Å². The van der Waals surface area contributed by atoms with E-state index in [-0.39, 0.29) is 0 Å². The molecule has 0 rings (SSSR count). The molecule has 2 heteroatoms. The van der Waals surface area contributed by atoms with Gasteiger partial charge < -0.3 is 4.90 Å². The summed E-state index contributed by atoms with van der Waals surface area (Å²) in [5.74, 6) is 2.49. The molecule has 0 aromatic heterocycles. The molecule has 0 bridgehead atoms. The van der Waals surface area contributed by atoms with E-state index in [2.05, 4.69) is 51.7 Å². The highest BCUT2D eigenvalue weighted by molar-refractivity contribution is 5.83. The molecule has 0 aliphatic carbocycles. The maximum absolute atomic E-state index is 4.61. The van der Waals surface area contributed by atoms with Gasteiger partial charge in [-0.2, -0.15) is 0 Å². The maximum atomic E-state index is 4.61. The third-order valence-corrected chi connectivity index (χ3v) is 1.95. The summed E-state index contributed by atoms with van der Waals surface area (Å²) in [6.45, 7) is 9.81. The Morgan fingerprint density at radius 2 is 1.69 bits per heavy atom. The van der Waals surface area contributed by atoms with E-state index in [1.807, 2.05) is 0 Å². The van der Waals surface area contributed by atoms with E-state index in [4.69, 9.17) is 0 Å². The van der Waals surface area contributed by atoms with Gasteiger partial charge in [-0.3, -0.25) is 4.99 Å². The highest BCUT2D eigenvalue weighted by Crippen LogP contribution is 2.03. The normalized spacial score (nSPS) is 12.8. The average Bonchev–Trinajstić information content (AvgIpc) is 1.95. The van der Waals surface area contributed by atoms with E-state index in [9.17, 15) is 0 Å². The van der Waals surface area contributed by atoms with Crippen molar-refractivity contribution in [1.29, 1.82) is 0 Å². The van der Waals surface area contributed by atoms with Gasteiger partial charge in [-0.1, -0.05) is 27.7 Å². The molecule has 78 valence electrons. The van der Waals surface area contributed by atoms with Crippen molar-refractivity contribution in [2.75, 3.05) is 20.6 Å². The lowest BCUT2D eigenvalue weighted by Gasteiger charge is -2.19. The predicted octanol–water partition coefficient (Wildman–Crippen LogP) is 2.65. The second-order valence-corrected chi connectivity index (χ2v) is 4.47. The Morgan fingerprint density at radius 3 is 2.00 bits per heavy atom. The molecule has 0 aromatic carbocycles. The number of rotatable bonds is 4. The Kier molecular flexibility index (Phi) is 5.76. The number of nitrogens with zero attached hydrogens (tertiary/aromatic N) is 2. The molecule has 0 fully saturated rings. The summed E-state index contributed by atoms with van der Waals surface area (Å²) in [5.41, 5.74) is 0. The van der Waals surface area contributed by atoms with E-state index in [0.717, 1.165) is 12.5 Å². The lowest BCUT2D eigenvalue weighted by molar-refractivity contribution is 0.554. The lowest BCUT2D eigenvalue weighted by atomic mass is 10.1. The Hall–Kier alpha value is -0.530. The van der Waals surface area contributed by atoms with Crippen LogP contribution in [0.1, 0.15) is 34.1 Å². The van der Waals surface area contributed by atoms with Crippen molar-refractivity contribution < 1.29 is 0 Å². The Morgan fingerprint density at radius 1 is 1.15 bits per heavy atom. The first kappa shape index (κ1) is 12.5. The van der Waals surface area contributed by atoms with E-state index >= 15 is 0 Å². The minimum absolute atomic E-state index is 0.530. The third kappa shape index (κ3) is 5.67. The smallest absolute Gasteiger partial charge is 0.101 e. The highest BCUT2D eigenvalue weighted by Gasteiger charge is 2.06. The average molecular weight is 184 g/mol. The molecule has 2 nitrogen and oxygen atoms in total. The van der Waals surface area contributed by atoms with Crippen LogP contribution in [0.4, 0.5) is 0 Å². The van der Waals surface area contributed by atoms with Crippen molar-refractivity contribution in [1.82, 2.24) is 4.90 Å². The fraction of sp³-hybridized carbons (Fsp3) is 0.909. The molecule has 0 atom stereocenters. The van der Waals surface area contributed by atoms with Crippen molar-refractivity contribution in [3.05, 3.63) is 0 Å². The number of hydrogen-bond donors (Lipinski definition) is 0. The molecule has 0 saturated heterocycles. The molecular weight excluding hydrogens is 160 g/mol. The zero-order valence-corrected chi connectivity index (χ0v) is 9.96. The van der Waals surface area contributed by atoms with Gasteiger partial charge in [0, 0.05) is 26.6 Å². The van der Waals surface area contributed by atoms with E-state index < -0.39 is 0 Å². The summed E-state index contributed by atoms with van der Waals surface area (Å²) in [6, 6.07) is 0. The molecule has 0 aromatic rings. The Balaban J connectivity index is 4.05. The highest BCUT2D eigenvalue weighted by atomic mass is 15.1. The molecule has 0 amide bonds. The molecule has 0 aliphatic rings. The van der Waals surface area contributed by atoms with Gasteiger partial charge in [-0.15, -0.1) is 0 Å². The summed E-state index contributed by atoms with van der Waals surface area (Å²) in [4.78, 5) is 6.72. The Bertz CT molecular complexity index is 147. The third-order valence-electron chi connectivity index (χ3n) is 1.95. The SMILES string of the molecule is CC(C)CCN=C(C(C)C)N(C)C. The molecule has 0 unspecified atom stereocenters. The molecule has 0 radical (unpaired) electrons. The molecule has 13 heavy (non-hydrogen) atoms. The monoisotopic (exact) mass is 184 g/mol. The van der Waals surface area contributed by atoms with Gasteiger partial charge in [0.2, 0.25) is 0 Å². The van der Waals surface area contributed by atoms with Crippen LogP contribution in [0.5, 0.6) is 0 Å². The number of amidine groups is 1. The minimum atomic E-state index is 0.530. The van der Waals surface area contributed by atoms with Crippen LogP contribution in [0.2, 0.25) is 0 Å². The zero-order chi connectivity index (χ0) is 10.4. The molecule has 0 heterocycles. The van der Waals surface area contributed by atoms with Gasteiger partial charge >= 0.3 is 0 Å². The van der Waals surface area contributed by atoms with Crippen molar-refractivity contribution in [3.63, 3.8) is 0 Å². The molecule has 0 spiro atoms. The van der Waals surface area contributed by atoms with Crippen LogP contribution in [0.15, 0.2) is 4.99 Å². The van der Waals surface area contributed by atoms with Crippen LogP contribution in [-0.4, -0.2) is 31.4 Å². The van der Waals surface area contributed by atoms with Gasteiger partial charge in [0.25, 0.3) is 0 Å². The topological polar surface area (TPSA) is 15.6 Å². The first-order chi connectivity index (χ1) is 5.95. The standard InChI is InChI=1S/C11H24N2/c1-9(2)7-8-12-11(10(3)4)13(5)6/h9-10H,7-8H2,1-6H3. The van der Waals surface area contributed by atoms with E-state index in [1.54, 1.807) is 0 Å². The number of hydrogen-bond acceptors (Lipinski definition) is 1. The van der Waals surface area contributed by atoms with Gasteiger partial charge in [-0.25, -0.2) is 0 Å². The van der Waals surface area contributed by atoms with Crippen molar-refractivity contribution in [3.8, 4) is 0 Å². The van der Waals surface area contributed by atoms with Crippen LogP contribution in [-0.2, 0) is 0 Å². The van der Waals surface area contributed by atoms with Crippen molar-refractivity contribution >= 4 is 5.84 Å². The van der Waals surface area contributed by atoms with Crippen molar-refractivity contribution in [2.45, 2.75) is 34.1 Å². The first-order valence-electron chi connectivity index (χ1n) is 5.16. The fourth-order valence-electron chi connectivity index (χ4n) is 1.28. The second kappa shape index (κ2) is 6.01. The minimum Gasteiger partial charge on any atom is -0.366 e.